The molecule has 0 saturated carbocycles. The normalized spacial score (nSPS) is 26.2. The number of cyclic esters (lactones) is 1. The highest BCUT2D eigenvalue weighted by atomic mass is 19.1. The Labute approximate surface area is 84.9 Å². The minimum Gasteiger partial charge on any atom is -0.468 e. The van der Waals surface area contributed by atoms with Gasteiger partial charge in [0.2, 0.25) is 5.67 Å². The van der Waals surface area contributed by atoms with E-state index >= 15 is 0 Å². The van der Waals surface area contributed by atoms with Crippen LogP contribution in [0.25, 0.3) is 0 Å². The molecule has 0 aromatic heterocycles. The maximum Gasteiger partial charge on any atom is 0.417 e. The number of amides is 2. The number of halogens is 1. The van der Waals surface area contributed by atoms with Gasteiger partial charge in [-0.1, -0.05) is 0 Å². The van der Waals surface area contributed by atoms with Crippen LogP contribution < -0.4 is 0 Å². The molecule has 0 aliphatic carbocycles. The van der Waals surface area contributed by atoms with E-state index in [4.69, 9.17) is 0 Å². The second-order valence-electron chi connectivity index (χ2n) is 3.22. The first-order chi connectivity index (χ1) is 6.88. The first-order valence-electron chi connectivity index (χ1n) is 4.13. The molecule has 6 nitrogen and oxygen atoms in total. The number of ether oxygens (including phenoxy) is 2. The number of nitrogens with zero attached hydrogens (tertiary/aromatic N) is 1. The van der Waals surface area contributed by atoms with Gasteiger partial charge in [0.1, 0.15) is 13.2 Å². The van der Waals surface area contributed by atoms with E-state index in [1.165, 1.54) is 0 Å². The highest BCUT2D eigenvalue weighted by Crippen LogP contribution is 2.20. The molecule has 15 heavy (non-hydrogen) atoms. The third-order valence-electron chi connectivity index (χ3n) is 1.89. The Morgan fingerprint density at radius 2 is 2.27 bits per heavy atom. The van der Waals surface area contributed by atoms with Crippen molar-refractivity contribution in [2.45, 2.75) is 12.6 Å². The lowest BCUT2D eigenvalue weighted by Gasteiger charge is -2.31. The van der Waals surface area contributed by atoms with Gasteiger partial charge in [0.25, 0.3) is 5.91 Å². The van der Waals surface area contributed by atoms with E-state index in [-0.39, 0.29) is 0 Å². The molecule has 0 N–H and O–H groups in total. The third kappa shape index (κ3) is 2.23. The molecule has 1 atom stereocenters. The van der Waals surface area contributed by atoms with Crippen molar-refractivity contribution in [3.8, 4) is 0 Å². The van der Waals surface area contributed by atoms with E-state index in [2.05, 4.69) is 9.47 Å². The fourth-order valence-corrected chi connectivity index (χ4v) is 1.03. The van der Waals surface area contributed by atoms with Gasteiger partial charge in [-0.15, -0.1) is 0 Å². The number of imide groups is 1. The van der Waals surface area contributed by atoms with Crippen LogP contribution in [0.5, 0.6) is 0 Å². The topological polar surface area (TPSA) is 72.9 Å². The van der Waals surface area contributed by atoms with Crippen LogP contribution in [0, 0.1) is 0 Å². The van der Waals surface area contributed by atoms with Crippen LogP contribution in [0.3, 0.4) is 0 Å². The van der Waals surface area contributed by atoms with Gasteiger partial charge in [-0.25, -0.2) is 14.1 Å². The van der Waals surface area contributed by atoms with Crippen molar-refractivity contribution in [3.05, 3.63) is 0 Å². The van der Waals surface area contributed by atoms with Crippen molar-refractivity contribution in [1.82, 2.24) is 4.90 Å². The zero-order valence-electron chi connectivity index (χ0n) is 8.28. The number of rotatable bonds is 2. The summed E-state index contributed by atoms with van der Waals surface area (Å²) >= 11 is 0. The lowest BCUT2D eigenvalue weighted by atomic mass is 10.1. The first-order valence-corrected chi connectivity index (χ1v) is 4.13. The predicted octanol–water partition coefficient (Wildman–Crippen LogP) is -0.134. The number of carbonyl (C=O) groups excluding carboxylic acids is 3. The smallest absolute Gasteiger partial charge is 0.417 e. The molecule has 1 aliphatic rings. The molecular formula is C8H10FNO5. The van der Waals surface area contributed by atoms with Crippen LogP contribution in [0.2, 0.25) is 0 Å². The highest BCUT2D eigenvalue weighted by Gasteiger charge is 2.46. The summed E-state index contributed by atoms with van der Waals surface area (Å²) in [7, 11) is 1.09. The maximum atomic E-state index is 13.4. The number of carbonyl (C=O) groups is 3. The van der Waals surface area contributed by atoms with Crippen molar-refractivity contribution in [2.24, 2.45) is 0 Å². The predicted molar refractivity (Wildman–Crippen MR) is 44.6 cm³/mol. The summed E-state index contributed by atoms with van der Waals surface area (Å²) in [5.41, 5.74) is -2.29. The van der Waals surface area contributed by atoms with Crippen molar-refractivity contribution in [3.63, 3.8) is 0 Å². The Bertz CT molecular complexity index is 314. The Balaban J connectivity index is 2.80. The molecule has 1 heterocycles. The summed E-state index contributed by atoms with van der Waals surface area (Å²) in [6, 6.07) is 0. The minimum atomic E-state index is -2.29. The number of hydrogen-bond acceptors (Lipinski definition) is 5. The fourth-order valence-electron chi connectivity index (χ4n) is 1.03. The molecule has 0 radical (unpaired) electrons. The van der Waals surface area contributed by atoms with Crippen molar-refractivity contribution in [2.75, 3.05) is 20.3 Å². The summed E-state index contributed by atoms with van der Waals surface area (Å²) in [6.07, 6.45) is -1.04. The van der Waals surface area contributed by atoms with Gasteiger partial charge < -0.3 is 9.47 Å². The molecule has 1 fully saturated rings. The summed E-state index contributed by atoms with van der Waals surface area (Å²) in [5, 5.41) is 0. The molecule has 0 aromatic rings. The van der Waals surface area contributed by atoms with Gasteiger partial charge >= 0.3 is 12.1 Å². The van der Waals surface area contributed by atoms with E-state index < -0.39 is 36.8 Å². The highest BCUT2D eigenvalue weighted by molar-refractivity contribution is 6.01. The molecule has 1 aliphatic heterocycles. The van der Waals surface area contributed by atoms with E-state index in [0.29, 0.717) is 4.90 Å². The average Bonchev–Trinajstić information content (AvgIpc) is 2.19. The zero-order valence-corrected chi connectivity index (χ0v) is 8.28. The van der Waals surface area contributed by atoms with Crippen LogP contribution in [0.1, 0.15) is 6.92 Å². The molecule has 1 rings (SSSR count). The lowest BCUT2D eigenvalue weighted by Crippen LogP contribution is -2.56. The van der Waals surface area contributed by atoms with Gasteiger partial charge in [0.15, 0.2) is 0 Å². The van der Waals surface area contributed by atoms with Crippen LogP contribution in [0.15, 0.2) is 0 Å². The van der Waals surface area contributed by atoms with Crippen LogP contribution in [-0.2, 0) is 19.1 Å². The van der Waals surface area contributed by atoms with E-state index in [0.717, 1.165) is 14.0 Å². The third-order valence-corrected chi connectivity index (χ3v) is 1.89. The Morgan fingerprint density at radius 3 is 2.80 bits per heavy atom. The summed E-state index contributed by atoms with van der Waals surface area (Å²) in [5.74, 6) is -1.91. The number of alkyl halides is 1. The SMILES string of the molecule is COC(=O)CN1C(=O)OCC(C)(F)C1=O. The number of esters is 1. The van der Waals surface area contributed by atoms with Crippen molar-refractivity contribution >= 4 is 18.0 Å². The van der Waals surface area contributed by atoms with Crippen LogP contribution in [-0.4, -0.2) is 48.8 Å². The molecule has 0 bridgehead atoms. The minimum absolute atomic E-state index is 0.384. The quantitative estimate of drug-likeness (QED) is 0.605. The largest absolute Gasteiger partial charge is 0.468 e. The molecule has 0 spiro atoms. The average molecular weight is 219 g/mol. The second kappa shape index (κ2) is 3.84. The monoisotopic (exact) mass is 219 g/mol. The molecule has 1 unspecified atom stereocenters. The molecule has 84 valence electrons. The summed E-state index contributed by atoms with van der Waals surface area (Å²) < 4.78 is 22.1. The van der Waals surface area contributed by atoms with Crippen LogP contribution in [0.4, 0.5) is 9.18 Å². The van der Waals surface area contributed by atoms with Gasteiger partial charge in [0.05, 0.1) is 7.11 Å². The van der Waals surface area contributed by atoms with Crippen LogP contribution >= 0.6 is 0 Å². The van der Waals surface area contributed by atoms with E-state index in [1.807, 2.05) is 0 Å². The van der Waals surface area contributed by atoms with Crippen molar-refractivity contribution < 1.29 is 28.2 Å². The summed E-state index contributed by atoms with van der Waals surface area (Å²) in [6.45, 7) is -0.304. The van der Waals surface area contributed by atoms with E-state index in [1.54, 1.807) is 0 Å². The first kappa shape index (κ1) is 11.4. The molecule has 0 aromatic carbocycles. The summed E-state index contributed by atoms with van der Waals surface area (Å²) in [4.78, 5) is 33.6. The molecular weight excluding hydrogens is 209 g/mol. The Morgan fingerprint density at radius 1 is 1.67 bits per heavy atom. The Hall–Kier alpha value is -1.66. The van der Waals surface area contributed by atoms with Gasteiger partial charge in [-0.3, -0.25) is 9.59 Å². The lowest BCUT2D eigenvalue weighted by molar-refractivity contribution is -0.156. The fraction of sp³-hybridized carbons (Fsp3) is 0.625. The van der Waals surface area contributed by atoms with Gasteiger partial charge in [0, 0.05) is 0 Å². The molecule has 2 amide bonds. The molecule has 1 saturated heterocycles. The standard InChI is InChI=1S/C8H10FNO5/c1-8(9)4-15-7(13)10(6(8)12)3-5(11)14-2/h3-4H2,1-2H3. The van der Waals surface area contributed by atoms with Gasteiger partial charge in [-0.2, -0.15) is 0 Å². The van der Waals surface area contributed by atoms with Crippen molar-refractivity contribution in [1.29, 1.82) is 0 Å². The number of hydrogen-bond donors (Lipinski definition) is 0. The maximum absolute atomic E-state index is 13.4. The molecule has 7 heteroatoms. The van der Waals surface area contributed by atoms with Gasteiger partial charge in [-0.05, 0) is 6.92 Å². The van der Waals surface area contributed by atoms with E-state index in [9.17, 15) is 18.8 Å². The zero-order chi connectivity index (χ0) is 11.6. The Kier molecular flexibility index (Phi) is 2.92. The second-order valence-corrected chi connectivity index (χ2v) is 3.22. The number of methoxy groups -OCH3 is 1.